The molecule has 1 N–H and O–H groups in total. The van der Waals surface area contributed by atoms with E-state index in [4.69, 9.17) is 34.8 Å². The largest absolute Gasteiger partial charge is 0.507 e. The van der Waals surface area contributed by atoms with Crippen LogP contribution in [0.4, 0.5) is 4.39 Å². The molecule has 2 rings (SSSR count). The summed E-state index contributed by atoms with van der Waals surface area (Å²) in [5.41, 5.74) is 0.947. The highest BCUT2D eigenvalue weighted by molar-refractivity contribution is 6.35. The molecule has 0 heterocycles. The summed E-state index contributed by atoms with van der Waals surface area (Å²) in [6, 6.07) is 7.06. The minimum absolute atomic E-state index is 0.0751. The van der Waals surface area contributed by atoms with Crippen LogP contribution in [0.25, 0.3) is 11.1 Å². The SMILES string of the molecule is Oc1cc(F)c(Cl)cc1-c1cc(Cl)cc(Cl)c1. The van der Waals surface area contributed by atoms with Gasteiger partial charge < -0.3 is 5.11 Å². The standard InChI is InChI=1S/C12H6Cl3FO/c13-7-1-6(2-8(14)3-7)9-4-10(15)11(16)5-12(9)17/h1-5,17H. The summed E-state index contributed by atoms with van der Waals surface area (Å²) in [5, 5.41) is 10.4. The summed E-state index contributed by atoms with van der Waals surface area (Å²) in [5.74, 6) is -0.897. The maximum Gasteiger partial charge on any atom is 0.145 e. The van der Waals surface area contributed by atoms with Crippen LogP contribution in [-0.4, -0.2) is 5.11 Å². The minimum atomic E-state index is -0.680. The number of phenols is 1. The zero-order valence-electron chi connectivity index (χ0n) is 8.35. The molecule has 88 valence electrons. The van der Waals surface area contributed by atoms with Gasteiger partial charge in [-0.1, -0.05) is 34.8 Å². The fourth-order valence-electron chi connectivity index (χ4n) is 1.48. The van der Waals surface area contributed by atoms with Crippen LogP contribution in [0.5, 0.6) is 5.75 Å². The first kappa shape index (κ1) is 12.5. The number of benzene rings is 2. The van der Waals surface area contributed by atoms with Gasteiger partial charge in [-0.25, -0.2) is 4.39 Å². The molecule has 0 radical (unpaired) electrons. The van der Waals surface area contributed by atoms with Gasteiger partial charge in [0.25, 0.3) is 0 Å². The third-order valence-electron chi connectivity index (χ3n) is 2.21. The molecule has 1 nitrogen and oxygen atoms in total. The smallest absolute Gasteiger partial charge is 0.145 e. The topological polar surface area (TPSA) is 20.2 Å². The van der Waals surface area contributed by atoms with Gasteiger partial charge in [0, 0.05) is 21.7 Å². The molecule has 0 atom stereocenters. The Morgan fingerprint density at radius 3 is 2.06 bits per heavy atom. The van der Waals surface area contributed by atoms with E-state index in [0.717, 1.165) is 6.07 Å². The van der Waals surface area contributed by atoms with E-state index in [-0.39, 0.29) is 10.8 Å². The van der Waals surface area contributed by atoms with E-state index in [1.807, 2.05) is 0 Å². The fourth-order valence-corrected chi connectivity index (χ4v) is 2.17. The lowest BCUT2D eigenvalue weighted by Crippen LogP contribution is -1.84. The van der Waals surface area contributed by atoms with Gasteiger partial charge in [0.15, 0.2) is 0 Å². The zero-order valence-corrected chi connectivity index (χ0v) is 10.6. The van der Waals surface area contributed by atoms with Crippen LogP contribution in [0, 0.1) is 5.82 Å². The van der Waals surface area contributed by atoms with E-state index in [1.54, 1.807) is 18.2 Å². The van der Waals surface area contributed by atoms with E-state index >= 15 is 0 Å². The normalized spacial score (nSPS) is 10.6. The summed E-state index contributed by atoms with van der Waals surface area (Å²) in [6.45, 7) is 0. The Hall–Kier alpha value is -0.960. The van der Waals surface area contributed by atoms with Crippen molar-refractivity contribution in [2.24, 2.45) is 0 Å². The molecule has 5 heteroatoms. The van der Waals surface area contributed by atoms with Crippen molar-refractivity contribution in [3.8, 4) is 16.9 Å². The molecule has 0 amide bonds. The van der Waals surface area contributed by atoms with Crippen LogP contribution < -0.4 is 0 Å². The average molecular weight is 292 g/mol. The molecule has 0 aliphatic rings. The van der Waals surface area contributed by atoms with Gasteiger partial charge in [0.2, 0.25) is 0 Å². The maximum absolute atomic E-state index is 13.1. The fraction of sp³-hybridized carbons (Fsp3) is 0. The van der Waals surface area contributed by atoms with Crippen LogP contribution in [0.3, 0.4) is 0 Å². The van der Waals surface area contributed by atoms with Gasteiger partial charge in [-0.3, -0.25) is 0 Å². The van der Waals surface area contributed by atoms with E-state index in [9.17, 15) is 9.50 Å². The van der Waals surface area contributed by atoms with Gasteiger partial charge in [0.05, 0.1) is 5.02 Å². The predicted molar refractivity (Wildman–Crippen MR) is 68.5 cm³/mol. The number of rotatable bonds is 1. The highest BCUT2D eigenvalue weighted by Crippen LogP contribution is 2.35. The van der Waals surface area contributed by atoms with Gasteiger partial charge >= 0.3 is 0 Å². The Balaban J connectivity index is 2.64. The van der Waals surface area contributed by atoms with Crippen molar-refractivity contribution in [1.82, 2.24) is 0 Å². The van der Waals surface area contributed by atoms with Crippen molar-refractivity contribution in [1.29, 1.82) is 0 Å². The predicted octanol–water partition coefficient (Wildman–Crippen LogP) is 5.16. The van der Waals surface area contributed by atoms with Crippen LogP contribution in [-0.2, 0) is 0 Å². The third-order valence-corrected chi connectivity index (χ3v) is 2.94. The van der Waals surface area contributed by atoms with Crippen molar-refractivity contribution < 1.29 is 9.50 Å². The molecular formula is C12H6Cl3FO. The molecule has 0 unspecified atom stereocenters. The summed E-state index contributed by atoms with van der Waals surface area (Å²) in [6.07, 6.45) is 0. The van der Waals surface area contributed by atoms with E-state index < -0.39 is 5.82 Å². The number of hydrogen-bond donors (Lipinski definition) is 1. The first-order valence-electron chi connectivity index (χ1n) is 4.62. The molecule has 0 aromatic heterocycles. The zero-order chi connectivity index (χ0) is 12.6. The Morgan fingerprint density at radius 1 is 0.882 bits per heavy atom. The van der Waals surface area contributed by atoms with Crippen LogP contribution in [0.2, 0.25) is 15.1 Å². The van der Waals surface area contributed by atoms with Crippen molar-refractivity contribution in [3.63, 3.8) is 0 Å². The van der Waals surface area contributed by atoms with Crippen molar-refractivity contribution >= 4 is 34.8 Å². The maximum atomic E-state index is 13.1. The Kier molecular flexibility index (Phi) is 3.48. The van der Waals surface area contributed by atoms with Gasteiger partial charge in [-0.15, -0.1) is 0 Å². The third kappa shape index (κ3) is 2.65. The molecule has 2 aromatic rings. The molecule has 0 bridgehead atoms. The summed E-state index contributed by atoms with van der Waals surface area (Å²) < 4.78 is 13.1. The van der Waals surface area contributed by atoms with E-state index in [1.165, 1.54) is 6.07 Å². The first-order chi connectivity index (χ1) is 7.97. The van der Waals surface area contributed by atoms with Gasteiger partial charge in [0.1, 0.15) is 11.6 Å². The van der Waals surface area contributed by atoms with Crippen LogP contribution in [0.15, 0.2) is 30.3 Å². The summed E-state index contributed by atoms with van der Waals surface area (Å²) in [4.78, 5) is 0. The Labute approximate surface area is 112 Å². The highest BCUT2D eigenvalue weighted by atomic mass is 35.5. The molecule has 0 spiro atoms. The number of hydrogen-bond acceptors (Lipinski definition) is 1. The molecule has 0 saturated heterocycles. The second-order valence-corrected chi connectivity index (χ2v) is 4.72. The van der Waals surface area contributed by atoms with Crippen molar-refractivity contribution in [3.05, 3.63) is 51.2 Å². The Morgan fingerprint density at radius 2 is 1.47 bits per heavy atom. The van der Waals surface area contributed by atoms with E-state index in [0.29, 0.717) is 21.2 Å². The lowest BCUT2D eigenvalue weighted by Gasteiger charge is -2.07. The molecule has 2 aromatic carbocycles. The molecular weight excluding hydrogens is 285 g/mol. The highest BCUT2D eigenvalue weighted by Gasteiger charge is 2.10. The van der Waals surface area contributed by atoms with Gasteiger partial charge in [-0.2, -0.15) is 0 Å². The molecule has 0 saturated carbocycles. The van der Waals surface area contributed by atoms with E-state index in [2.05, 4.69) is 0 Å². The van der Waals surface area contributed by atoms with Crippen LogP contribution >= 0.6 is 34.8 Å². The molecule has 0 aliphatic heterocycles. The first-order valence-corrected chi connectivity index (χ1v) is 5.75. The lowest BCUT2D eigenvalue weighted by atomic mass is 10.0. The molecule has 17 heavy (non-hydrogen) atoms. The second kappa shape index (κ2) is 4.73. The lowest BCUT2D eigenvalue weighted by molar-refractivity contribution is 0.471. The van der Waals surface area contributed by atoms with Crippen molar-refractivity contribution in [2.75, 3.05) is 0 Å². The molecule has 0 aliphatic carbocycles. The second-order valence-electron chi connectivity index (χ2n) is 3.44. The molecule has 0 fully saturated rings. The monoisotopic (exact) mass is 290 g/mol. The quantitative estimate of drug-likeness (QED) is 0.769. The minimum Gasteiger partial charge on any atom is -0.507 e. The average Bonchev–Trinajstić information content (AvgIpc) is 2.22. The number of halogens is 4. The number of phenolic OH excluding ortho intramolecular Hbond substituents is 1. The summed E-state index contributed by atoms with van der Waals surface area (Å²) in [7, 11) is 0. The number of aromatic hydroxyl groups is 1. The Bertz CT molecular complexity index is 564. The van der Waals surface area contributed by atoms with Gasteiger partial charge in [-0.05, 0) is 29.8 Å². The summed E-state index contributed by atoms with van der Waals surface area (Å²) >= 11 is 17.4. The van der Waals surface area contributed by atoms with Crippen LogP contribution in [0.1, 0.15) is 0 Å². The van der Waals surface area contributed by atoms with Crippen molar-refractivity contribution in [2.45, 2.75) is 0 Å².